The van der Waals surface area contributed by atoms with Crippen LogP contribution in [0.25, 0.3) is 0 Å². The minimum atomic E-state index is -0.140. The summed E-state index contributed by atoms with van der Waals surface area (Å²) >= 11 is 0. The van der Waals surface area contributed by atoms with Crippen molar-refractivity contribution in [1.82, 2.24) is 5.32 Å². The van der Waals surface area contributed by atoms with E-state index in [-0.39, 0.29) is 6.10 Å². The summed E-state index contributed by atoms with van der Waals surface area (Å²) in [7, 11) is 0. The molecule has 0 amide bonds. The minimum Gasteiger partial charge on any atom is -0.393 e. The first-order valence-corrected chi connectivity index (χ1v) is 6.51. The van der Waals surface area contributed by atoms with E-state index in [0.717, 1.165) is 18.9 Å². The summed E-state index contributed by atoms with van der Waals surface area (Å²) < 4.78 is 0. The molecule has 15 heavy (non-hydrogen) atoms. The maximum atomic E-state index is 9.67. The number of hydrogen-bond donors (Lipinski definition) is 2. The molecule has 90 valence electrons. The van der Waals surface area contributed by atoms with Crippen molar-refractivity contribution in [3.8, 4) is 0 Å². The number of aliphatic hydroxyl groups excluding tert-OH is 1. The highest BCUT2D eigenvalue weighted by Crippen LogP contribution is 2.23. The van der Waals surface area contributed by atoms with Gasteiger partial charge in [0, 0.05) is 6.04 Å². The summed E-state index contributed by atoms with van der Waals surface area (Å²) in [6.07, 6.45) is 6.15. The molecule has 0 heterocycles. The van der Waals surface area contributed by atoms with Gasteiger partial charge in [-0.3, -0.25) is 0 Å². The summed E-state index contributed by atoms with van der Waals surface area (Å²) in [5.74, 6) is 1.27. The van der Waals surface area contributed by atoms with Crippen LogP contribution >= 0.6 is 0 Å². The van der Waals surface area contributed by atoms with Gasteiger partial charge < -0.3 is 10.4 Å². The molecule has 2 heteroatoms. The van der Waals surface area contributed by atoms with Gasteiger partial charge in [0.1, 0.15) is 0 Å². The van der Waals surface area contributed by atoms with Crippen LogP contribution in [-0.4, -0.2) is 23.8 Å². The Morgan fingerprint density at radius 2 is 2.07 bits per heavy atom. The molecule has 0 aromatic carbocycles. The summed E-state index contributed by atoms with van der Waals surface area (Å²) in [4.78, 5) is 0. The zero-order valence-corrected chi connectivity index (χ0v) is 10.5. The molecule has 0 aromatic heterocycles. The van der Waals surface area contributed by atoms with Crippen molar-refractivity contribution in [2.24, 2.45) is 11.8 Å². The summed E-state index contributed by atoms with van der Waals surface area (Å²) in [5, 5.41) is 13.2. The molecule has 0 spiro atoms. The molecule has 0 bridgehead atoms. The van der Waals surface area contributed by atoms with E-state index in [1.165, 1.54) is 25.7 Å². The molecule has 0 radical (unpaired) electrons. The summed E-state index contributed by atoms with van der Waals surface area (Å²) in [6.45, 7) is 7.47. The molecule has 1 rings (SSSR count). The van der Waals surface area contributed by atoms with Crippen LogP contribution in [0.5, 0.6) is 0 Å². The molecule has 1 fully saturated rings. The van der Waals surface area contributed by atoms with Crippen LogP contribution < -0.4 is 5.32 Å². The van der Waals surface area contributed by atoms with E-state index >= 15 is 0 Å². The average Bonchev–Trinajstić information content (AvgIpc) is 2.17. The van der Waals surface area contributed by atoms with E-state index < -0.39 is 0 Å². The topological polar surface area (TPSA) is 32.3 Å². The van der Waals surface area contributed by atoms with E-state index in [9.17, 15) is 5.11 Å². The van der Waals surface area contributed by atoms with Crippen LogP contribution in [0.1, 0.15) is 52.9 Å². The van der Waals surface area contributed by atoms with Crippen LogP contribution in [0.15, 0.2) is 0 Å². The van der Waals surface area contributed by atoms with Gasteiger partial charge in [0.05, 0.1) is 6.10 Å². The van der Waals surface area contributed by atoms with Gasteiger partial charge in [-0.05, 0) is 37.6 Å². The van der Waals surface area contributed by atoms with Crippen LogP contribution in [0.2, 0.25) is 0 Å². The molecule has 0 aliphatic heterocycles. The Kier molecular flexibility index (Phi) is 5.62. The predicted molar refractivity (Wildman–Crippen MR) is 64.9 cm³/mol. The Bertz CT molecular complexity index is 170. The SMILES string of the molecule is CC1CCCC(NCCC(O)C(C)C)C1. The van der Waals surface area contributed by atoms with Crippen molar-refractivity contribution >= 4 is 0 Å². The largest absolute Gasteiger partial charge is 0.393 e. The highest BCUT2D eigenvalue weighted by molar-refractivity contribution is 4.76. The smallest absolute Gasteiger partial charge is 0.0575 e. The number of rotatable bonds is 5. The van der Waals surface area contributed by atoms with Crippen LogP contribution in [0.4, 0.5) is 0 Å². The van der Waals surface area contributed by atoms with Crippen LogP contribution in [0, 0.1) is 11.8 Å². The lowest BCUT2D eigenvalue weighted by Gasteiger charge is -2.28. The standard InChI is InChI=1S/C13H27NO/c1-10(2)13(15)7-8-14-12-6-4-5-11(3)9-12/h10-15H,4-9H2,1-3H3. The van der Waals surface area contributed by atoms with Gasteiger partial charge in [0.2, 0.25) is 0 Å². The lowest BCUT2D eigenvalue weighted by Crippen LogP contribution is -2.35. The lowest BCUT2D eigenvalue weighted by molar-refractivity contribution is 0.114. The first-order chi connectivity index (χ1) is 7.09. The first-order valence-electron chi connectivity index (χ1n) is 6.51. The molecule has 2 nitrogen and oxygen atoms in total. The van der Waals surface area contributed by atoms with Crippen molar-refractivity contribution in [1.29, 1.82) is 0 Å². The third-order valence-corrected chi connectivity index (χ3v) is 3.58. The maximum absolute atomic E-state index is 9.67. The van der Waals surface area contributed by atoms with Crippen molar-refractivity contribution in [3.05, 3.63) is 0 Å². The number of hydrogen-bond acceptors (Lipinski definition) is 2. The van der Waals surface area contributed by atoms with Gasteiger partial charge >= 0.3 is 0 Å². The quantitative estimate of drug-likeness (QED) is 0.735. The Balaban J connectivity index is 2.09. The summed E-state index contributed by atoms with van der Waals surface area (Å²) in [5.41, 5.74) is 0. The second-order valence-electron chi connectivity index (χ2n) is 5.52. The van der Waals surface area contributed by atoms with Crippen molar-refractivity contribution in [3.63, 3.8) is 0 Å². The minimum absolute atomic E-state index is 0.140. The molecule has 3 unspecified atom stereocenters. The average molecular weight is 213 g/mol. The fourth-order valence-electron chi connectivity index (χ4n) is 2.39. The third-order valence-electron chi connectivity index (χ3n) is 3.58. The van der Waals surface area contributed by atoms with E-state index in [0.29, 0.717) is 12.0 Å². The van der Waals surface area contributed by atoms with Gasteiger partial charge in [0.25, 0.3) is 0 Å². The van der Waals surface area contributed by atoms with E-state index in [1.54, 1.807) is 0 Å². The Hall–Kier alpha value is -0.0800. The van der Waals surface area contributed by atoms with E-state index in [4.69, 9.17) is 0 Å². The second-order valence-corrected chi connectivity index (χ2v) is 5.52. The summed E-state index contributed by atoms with van der Waals surface area (Å²) in [6, 6.07) is 0.702. The zero-order chi connectivity index (χ0) is 11.3. The third kappa shape index (κ3) is 4.98. The van der Waals surface area contributed by atoms with Gasteiger partial charge in [-0.25, -0.2) is 0 Å². The number of aliphatic hydroxyl groups is 1. The molecule has 2 N–H and O–H groups in total. The number of nitrogens with one attached hydrogen (secondary N) is 1. The fourth-order valence-corrected chi connectivity index (χ4v) is 2.39. The van der Waals surface area contributed by atoms with Crippen LogP contribution in [-0.2, 0) is 0 Å². The fraction of sp³-hybridized carbons (Fsp3) is 1.00. The molecule has 1 saturated carbocycles. The van der Waals surface area contributed by atoms with E-state index in [2.05, 4.69) is 26.1 Å². The highest BCUT2D eigenvalue weighted by Gasteiger charge is 2.18. The predicted octanol–water partition coefficient (Wildman–Crippen LogP) is 2.56. The lowest BCUT2D eigenvalue weighted by atomic mass is 9.87. The molecule has 1 aliphatic carbocycles. The molecule has 0 saturated heterocycles. The normalized spacial score (nSPS) is 29.4. The van der Waals surface area contributed by atoms with Gasteiger partial charge in [-0.2, -0.15) is 0 Å². The second kappa shape index (κ2) is 6.49. The zero-order valence-electron chi connectivity index (χ0n) is 10.5. The van der Waals surface area contributed by atoms with Crippen molar-refractivity contribution < 1.29 is 5.11 Å². The van der Waals surface area contributed by atoms with Crippen LogP contribution in [0.3, 0.4) is 0 Å². The maximum Gasteiger partial charge on any atom is 0.0575 e. The van der Waals surface area contributed by atoms with E-state index in [1.807, 2.05) is 0 Å². The molecule has 0 aromatic rings. The monoisotopic (exact) mass is 213 g/mol. The van der Waals surface area contributed by atoms with Gasteiger partial charge in [-0.15, -0.1) is 0 Å². The Morgan fingerprint density at radius 1 is 1.33 bits per heavy atom. The Labute approximate surface area is 94.5 Å². The highest BCUT2D eigenvalue weighted by atomic mass is 16.3. The van der Waals surface area contributed by atoms with Gasteiger partial charge in [-0.1, -0.05) is 33.6 Å². The molecule has 3 atom stereocenters. The Morgan fingerprint density at radius 3 is 2.67 bits per heavy atom. The van der Waals surface area contributed by atoms with Crippen molar-refractivity contribution in [2.75, 3.05) is 6.54 Å². The molecule has 1 aliphatic rings. The first kappa shape index (κ1) is 13.0. The van der Waals surface area contributed by atoms with Crippen molar-refractivity contribution in [2.45, 2.75) is 65.0 Å². The van der Waals surface area contributed by atoms with Gasteiger partial charge in [0.15, 0.2) is 0 Å². The molecular weight excluding hydrogens is 186 g/mol. The molecular formula is C13H27NO.